The molecule has 0 aliphatic carbocycles. The molecule has 0 saturated carbocycles. The third-order valence-corrected chi connectivity index (χ3v) is 2.39. The summed E-state index contributed by atoms with van der Waals surface area (Å²) in [6.45, 7) is 10.5. The maximum atomic E-state index is 4.55. The van der Waals surface area contributed by atoms with E-state index < -0.39 is 0 Å². The molecule has 0 atom stereocenters. The van der Waals surface area contributed by atoms with Crippen molar-refractivity contribution in [3.63, 3.8) is 0 Å². The predicted molar refractivity (Wildman–Crippen MR) is 76.6 cm³/mol. The van der Waals surface area contributed by atoms with Crippen molar-refractivity contribution < 1.29 is 0 Å². The van der Waals surface area contributed by atoms with Gasteiger partial charge >= 0.3 is 0 Å². The fourth-order valence-corrected chi connectivity index (χ4v) is 1.40. The Morgan fingerprint density at radius 2 is 1.94 bits per heavy atom. The van der Waals surface area contributed by atoms with Crippen molar-refractivity contribution in [2.24, 2.45) is 10.9 Å². The highest BCUT2D eigenvalue weighted by atomic mass is 15.2. The molecule has 0 fully saturated rings. The highest BCUT2D eigenvalue weighted by Crippen LogP contribution is 1.96. The summed E-state index contributed by atoms with van der Waals surface area (Å²) >= 11 is 0. The molecule has 0 rings (SSSR count). The van der Waals surface area contributed by atoms with Gasteiger partial charge in [0.05, 0.1) is 0 Å². The van der Waals surface area contributed by atoms with Crippen LogP contribution in [0.5, 0.6) is 0 Å². The molecule has 4 nitrogen and oxygen atoms in total. The second kappa shape index (κ2) is 10.4. The molecule has 0 radical (unpaired) electrons. The Morgan fingerprint density at radius 3 is 2.47 bits per heavy atom. The van der Waals surface area contributed by atoms with Gasteiger partial charge < -0.3 is 15.5 Å². The number of guanidine groups is 1. The topological polar surface area (TPSA) is 39.7 Å². The maximum Gasteiger partial charge on any atom is 0.191 e. The summed E-state index contributed by atoms with van der Waals surface area (Å²) in [5, 5.41) is 6.64. The average Bonchev–Trinajstić information content (AvgIpc) is 2.23. The summed E-state index contributed by atoms with van der Waals surface area (Å²) in [4.78, 5) is 6.74. The number of nitrogens with zero attached hydrogens (tertiary/aromatic N) is 2. The van der Waals surface area contributed by atoms with Crippen LogP contribution < -0.4 is 10.6 Å². The molecule has 102 valence electrons. The Hall–Kier alpha value is -0.770. The Kier molecular flexibility index (Phi) is 9.92. The molecule has 2 N–H and O–H groups in total. The Labute approximate surface area is 107 Å². The van der Waals surface area contributed by atoms with Gasteiger partial charge in [0.1, 0.15) is 0 Å². The van der Waals surface area contributed by atoms with Gasteiger partial charge in [0.15, 0.2) is 5.96 Å². The molecule has 0 unspecified atom stereocenters. The summed E-state index contributed by atoms with van der Waals surface area (Å²) in [7, 11) is 4.19. The van der Waals surface area contributed by atoms with Crippen molar-refractivity contribution in [2.75, 3.05) is 40.3 Å². The van der Waals surface area contributed by atoms with Crippen molar-refractivity contribution in [3.8, 4) is 0 Å². The molecule has 0 saturated heterocycles. The molecular formula is C13H30N4. The Balaban J connectivity index is 3.82. The van der Waals surface area contributed by atoms with Gasteiger partial charge in [-0.1, -0.05) is 13.8 Å². The Bertz CT molecular complexity index is 200. The van der Waals surface area contributed by atoms with Crippen molar-refractivity contribution >= 4 is 5.96 Å². The number of rotatable bonds is 8. The van der Waals surface area contributed by atoms with Gasteiger partial charge in [-0.3, -0.25) is 4.99 Å². The minimum Gasteiger partial charge on any atom is -0.357 e. The maximum absolute atomic E-state index is 4.55. The minimum absolute atomic E-state index is 0.735. The fourth-order valence-electron chi connectivity index (χ4n) is 1.40. The van der Waals surface area contributed by atoms with E-state index in [1.54, 1.807) is 0 Å². The van der Waals surface area contributed by atoms with Crippen molar-refractivity contribution in [3.05, 3.63) is 0 Å². The summed E-state index contributed by atoms with van der Waals surface area (Å²) in [5.74, 6) is 1.69. The first kappa shape index (κ1) is 16.2. The van der Waals surface area contributed by atoms with Gasteiger partial charge in [-0.25, -0.2) is 0 Å². The van der Waals surface area contributed by atoms with Gasteiger partial charge in [0, 0.05) is 19.6 Å². The molecule has 0 heterocycles. The van der Waals surface area contributed by atoms with Crippen LogP contribution >= 0.6 is 0 Å². The van der Waals surface area contributed by atoms with E-state index in [-0.39, 0.29) is 0 Å². The van der Waals surface area contributed by atoms with Crippen LogP contribution in [0.15, 0.2) is 4.99 Å². The van der Waals surface area contributed by atoms with Gasteiger partial charge in [0.2, 0.25) is 0 Å². The SMILES string of the molecule is CCNC(=NCCCN(C)C)NCCC(C)C. The number of hydrogen-bond acceptors (Lipinski definition) is 2. The zero-order valence-corrected chi connectivity index (χ0v) is 12.2. The average molecular weight is 242 g/mol. The molecule has 0 spiro atoms. The standard InChI is InChI=1S/C13H30N4/c1-6-14-13(16-10-8-12(2)3)15-9-7-11-17(4)5/h12H,6-11H2,1-5H3,(H2,14,15,16). The van der Waals surface area contributed by atoms with E-state index in [1.807, 2.05) is 0 Å². The lowest BCUT2D eigenvalue weighted by molar-refractivity contribution is 0.403. The lowest BCUT2D eigenvalue weighted by atomic mass is 10.1. The summed E-state index contributed by atoms with van der Waals surface area (Å²) in [6.07, 6.45) is 2.29. The molecule has 0 bridgehead atoms. The molecule has 0 aromatic carbocycles. The highest BCUT2D eigenvalue weighted by molar-refractivity contribution is 5.79. The lowest BCUT2D eigenvalue weighted by Gasteiger charge is -2.13. The second-order valence-electron chi connectivity index (χ2n) is 5.03. The van der Waals surface area contributed by atoms with Crippen LogP contribution in [0.1, 0.15) is 33.6 Å². The zero-order valence-electron chi connectivity index (χ0n) is 12.2. The van der Waals surface area contributed by atoms with Crippen LogP contribution in [0.3, 0.4) is 0 Å². The fraction of sp³-hybridized carbons (Fsp3) is 0.923. The van der Waals surface area contributed by atoms with Crippen LogP contribution in [0.2, 0.25) is 0 Å². The molecule has 0 aliphatic heterocycles. The lowest BCUT2D eigenvalue weighted by Crippen LogP contribution is -2.38. The van der Waals surface area contributed by atoms with Gasteiger partial charge in [-0.2, -0.15) is 0 Å². The summed E-state index contributed by atoms with van der Waals surface area (Å²) in [6, 6.07) is 0. The zero-order chi connectivity index (χ0) is 13.1. The first-order valence-corrected chi connectivity index (χ1v) is 6.73. The Morgan fingerprint density at radius 1 is 1.24 bits per heavy atom. The van der Waals surface area contributed by atoms with Gasteiger partial charge in [-0.05, 0) is 46.3 Å². The molecular weight excluding hydrogens is 212 g/mol. The number of hydrogen-bond donors (Lipinski definition) is 2. The van der Waals surface area contributed by atoms with Crippen LogP contribution in [0, 0.1) is 5.92 Å². The molecule has 4 heteroatoms. The monoisotopic (exact) mass is 242 g/mol. The highest BCUT2D eigenvalue weighted by Gasteiger charge is 1.98. The molecule has 0 amide bonds. The van der Waals surface area contributed by atoms with Crippen LogP contribution in [-0.2, 0) is 0 Å². The summed E-state index contributed by atoms with van der Waals surface area (Å²) in [5.41, 5.74) is 0. The second-order valence-corrected chi connectivity index (χ2v) is 5.03. The van der Waals surface area contributed by atoms with E-state index in [1.165, 1.54) is 6.42 Å². The predicted octanol–water partition coefficient (Wildman–Crippen LogP) is 1.54. The van der Waals surface area contributed by atoms with Crippen LogP contribution in [0.25, 0.3) is 0 Å². The van der Waals surface area contributed by atoms with Crippen molar-refractivity contribution in [1.29, 1.82) is 0 Å². The van der Waals surface area contributed by atoms with E-state index in [9.17, 15) is 0 Å². The largest absolute Gasteiger partial charge is 0.357 e. The first-order valence-electron chi connectivity index (χ1n) is 6.73. The van der Waals surface area contributed by atoms with Crippen LogP contribution in [0.4, 0.5) is 0 Å². The third-order valence-electron chi connectivity index (χ3n) is 2.39. The van der Waals surface area contributed by atoms with Crippen molar-refractivity contribution in [1.82, 2.24) is 15.5 Å². The van der Waals surface area contributed by atoms with Crippen molar-refractivity contribution in [2.45, 2.75) is 33.6 Å². The smallest absolute Gasteiger partial charge is 0.191 e. The van der Waals surface area contributed by atoms with E-state index in [2.05, 4.69) is 55.4 Å². The van der Waals surface area contributed by atoms with E-state index in [4.69, 9.17) is 0 Å². The number of aliphatic imine (C=N–C) groups is 1. The van der Waals surface area contributed by atoms with Crippen LogP contribution in [-0.4, -0.2) is 51.1 Å². The van der Waals surface area contributed by atoms with E-state index in [0.29, 0.717) is 0 Å². The summed E-state index contributed by atoms with van der Waals surface area (Å²) < 4.78 is 0. The molecule has 0 aromatic heterocycles. The minimum atomic E-state index is 0.735. The number of nitrogens with one attached hydrogen (secondary N) is 2. The van der Waals surface area contributed by atoms with E-state index >= 15 is 0 Å². The normalized spacial score (nSPS) is 12.3. The molecule has 0 aliphatic rings. The van der Waals surface area contributed by atoms with E-state index in [0.717, 1.165) is 44.5 Å². The molecule has 17 heavy (non-hydrogen) atoms. The quantitative estimate of drug-likeness (QED) is 0.385. The van der Waals surface area contributed by atoms with Gasteiger partial charge in [0.25, 0.3) is 0 Å². The molecule has 0 aromatic rings. The van der Waals surface area contributed by atoms with Gasteiger partial charge in [-0.15, -0.1) is 0 Å². The first-order chi connectivity index (χ1) is 8.06. The third kappa shape index (κ3) is 11.5.